The van der Waals surface area contributed by atoms with Gasteiger partial charge in [0, 0.05) is 35.1 Å². The number of nitrogens with one attached hydrogen (secondary N) is 1. The molecule has 0 amide bonds. The van der Waals surface area contributed by atoms with Crippen molar-refractivity contribution in [1.82, 2.24) is 14.6 Å². The minimum Gasteiger partial charge on any atom is -0.389 e. The Bertz CT molecular complexity index is 1490. The van der Waals surface area contributed by atoms with Gasteiger partial charge in [0.05, 0.1) is 17.4 Å². The summed E-state index contributed by atoms with van der Waals surface area (Å²) in [6, 6.07) is 8.59. The summed E-state index contributed by atoms with van der Waals surface area (Å²) in [7, 11) is 0. The minimum atomic E-state index is -2.97. The highest BCUT2D eigenvalue weighted by Crippen LogP contribution is 2.32. The number of nitriles is 2. The van der Waals surface area contributed by atoms with Crippen molar-refractivity contribution in [2.24, 2.45) is 0 Å². The first-order chi connectivity index (χ1) is 15.8. The molecule has 3 heterocycles. The van der Waals surface area contributed by atoms with Gasteiger partial charge >= 0.3 is 0 Å². The Kier molecular flexibility index (Phi) is 5.81. The Morgan fingerprint density at radius 2 is 2.09 bits per heavy atom. The van der Waals surface area contributed by atoms with E-state index in [1.165, 1.54) is 4.52 Å². The van der Waals surface area contributed by atoms with Gasteiger partial charge in [0.15, 0.2) is 5.65 Å². The molecule has 0 aliphatic carbocycles. The summed E-state index contributed by atoms with van der Waals surface area (Å²) in [5.74, 6) is 0.389. The van der Waals surface area contributed by atoms with Gasteiger partial charge in [-0.15, -0.1) is 0 Å². The number of aliphatic hydroxyl groups is 1. The monoisotopic (exact) mass is 467 g/mol. The van der Waals surface area contributed by atoms with Gasteiger partial charge in [-0.2, -0.15) is 20.1 Å². The van der Waals surface area contributed by atoms with Crippen LogP contribution in [0.1, 0.15) is 28.9 Å². The molecule has 11 heteroatoms. The summed E-state index contributed by atoms with van der Waals surface area (Å²) >= 11 is 6.11. The Hall–Kier alpha value is -3.86. The van der Waals surface area contributed by atoms with Crippen molar-refractivity contribution in [3.8, 4) is 12.1 Å². The molecule has 0 bridgehead atoms. The predicted molar refractivity (Wildman–Crippen MR) is 118 cm³/mol. The zero-order chi connectivity index (χ0) is 23.9. The smallest absolute Gasteiger partial charge is 0.283 e. The van der Waals surface area contributed by atoms with Gasteiger partial charge in [-0.3, -0.25) is 0 Å². The maximum Gasteiger partial charge on any atom is 0.283 e. The SMILES string of the molecule is Cc1nc2c(C#N)c(C(F)F)nn2c(N2CC(O)C2)c1/C=c1\ccc(Cl)c\c1=C(/C#N)C=N. The third-order valence-corrected chi connectivity index (χ3v) is 5.58. The van der Waals surface area contributed by atoms with Crippen molar-refractivity contribution >= 4 is 40.9 Å². The third-order valence-electron chi connectivity index (χ3n) is 5.34. The molecule has 4 rings (SSSR count). The zero-order valence-electron chi connectivity index (χ0n) is 17.2. The van der Waals surface area contributed by atoms with Crippen molar-refractivity contribution in [1.29, 1.82) is 15.9 Å². The number of fused-ring (bicyclic) bond motifs is 1. The van der Waals surface area contributed by atoms with Gasteiger partial charge in [0.2, 0.25) is 0 Å². The van der Waals surface area contributed by atoms with Crippen LogP contribution in [-0.4, -0.2) is 45.1 Å². The largest absolute Gasteiger partial charge is 0.389 e. The van der Waals surface area contributed by atoms with Crippen LogP contribution in [0.4, 0.5) is 14.6 Å². The molecular weight excluding hydrogens is 452 g/mol. The number of aliphatic hydroxyl groups excluding tert-OH is 1. The minimum absolute atomic E-state index is 0.000984. The Morgan fingerprint density at radius 3 is 2.67 bits per heavy atom. The highest BCUT2D eigenvalue weighted by atomic mass is 35.5. The number of anilines is 1. The van der Waals surface area contributed by atoms with Crippen LogP contribution in [0.3, 0.4) is 0 Å². The van der Waals surface area contributed by atoms with Gasteiger partial charge < -0.3 is 15.4 Å². The fourth-order valence-electron chi connectivity index (χ4n) is 3.75. The topological polar surface area (TPSA) is 125 Å². The molecule has 2 aromatic heterocycles. The maximum atomic E-state index is 13.6. The molecule has 0 radical (unpaired) electrons. The van der Waals surface area contributed by atoms with E-state index >= 15 is 0 Å². The highest BCUT2D eigenvalue weighted by Gasteiger charge is 2.32. The molecule has 1 saturated heterocycles. The van der Waals surface area contributed by atoms with Crippen LogP contribution in [-0.2, 0) is 0 Å². The number of aryl methyl sites for hydroxylation is 1. The molecule has 0 atom stereocenters. The van der Waals surface area contributed by atoms with E-state index in [2.05, 4.69) is 10.1 Å². The van der Waals surface area contributed by atoms with Gasteiger partial charge in [0.25, 0.3) is 6.43 Å². The molecule has 0 saturated carbocycles. The summed E-state index contributed by atoms with van der Waals surface area (Å²) in [5.41, 5.74) is 0.0533. The molecule has 8 nitrogen and oxygen atoms in total. The second-order valence-electron chi connectivity index (χ2n) is 7.45. The van der Waals surface area contributed by atoms with E-state index in [0.717, 1.165) is 6.21 Å². The lowest BCUT2D eigenvalue weighted by atomic mass is 10.1. The second kappa shape index (κ2) is 8.58. The van der Waals surface area contributed by atoms with E-state index in [1.807, 2.05) is 6.07 Å². The molecule has 2 N–H and O–H groups in total. The fraction of sp³-hybridized carbons (Fsp3) is 0.227. The van der Waals surface area contributed by atoms with E-state index < -0.39 is 18.2 Å². The molecule has 166 valence electrons. The van der Waals surface area contributed by atoms with Crippen molar-refractivity contribution in [3.63, 3.8) is 0 Å². The van der Waals surface area contributed by atoms with E-state index in [0.29, 0.717) is 32.5 Å². The molecule has 33 heavy (non-hydrogen) atoms. The summed E-state index contributed by atoms with van der Waals surface area (Å²) in [5, 5.41) is 41.6. The van der Waals surface area contributed by atoms with Crippen LogP contribution in [0.25, 0.3) is 17.3 Å². The number of hydrogen-bond acceptors (Lipinski definition) is 7. The summed E-state index contributed by atoms with van der Waals surface area (Å²) in [6.45, 7) is 2.16. The number of rotatable bonds is 4. The number of alkyl halides is 2. The first kappa shape index (κ1) is 22.3. The molecule has 3 aromatic rings. The molecule has 1 aromatic carbocycles. The van der Waals surface area contributed by atoms with Crippen molar-refractivity contribution in [3.05, 3.63) is 56.2 Å². The lowest BCUT2D eigenvalue weighted by Gasteiger charge is -2.38. The summed E-state index contributed by atoms with van der Waals surface area (Å²) in [6.07, 6.45) is -0.938. The van der Waals surface area contributed by atoms with Crippen LogP contribution in [0.2, 0.25) is 5.02 Å². The fourth-order valence-corrected chi connectivity index (χ4v) is 3.92. The molecule has 0 unspecified atom stereocenters. The molecular formula is C22H16ClF2N7O. The van der Waals surface area contributed by atoms with Crippen molar-refractivity contribution in [2.75, 3.05) is 18.0 Å². The van der Waals surface area contributed by atoms with E-state index in [9.17, 15) is 24.4 Å². The van der Waals surface area contributed by atoms with E-state index in [4.69, 9.17) is 17.0 Å². The standard InChI is InChI=1S/C22H16ClF2N7O/c1-11-16(4-12-2-3-14(23)5-17(12)13(6-26)7-27)22(31-9-15(33)10-31)32-21(29-11)18(8-28)19(30-32)20(24)25/h2-6,15,20,26,33H,9-10H2,1H3/b12-4+,17-13+,26-6?. The molecule has 1 aliphatic heterocycles. The Balaban J connectivity index is 2.13. The van der Waals surface area contributed by atoms with Crippen molar-refractivity contribution in [2.45, 2.75) is 19.5 Å². The lowest BCUT2D eigenvalue weighted by Crippen LogP contribution is -2.52. The Labute approximate surface area is 191 Å². The zero-order valence-corrected chi connectivity index (χ0v) is 18.0. The van der Waals surface area contributed by atoms with Gasteiger partial charge in [0.1, 0.15) is 29.2 Å². The number of aromatic nitrogens is 3. The second-order valence-corrected chi connectivity index (χ2v) is 7.88. The number of β-amino-alcohol motifs (C(OH)–C–C–N with tert-alkyl or cyclic N) is 1. The van der Waals surface area contributed by atoms with Crippen LogP contribution in [0, 0.1) is 35.0 Å². The molecule has 1 fully saturated rings. The Morgan fingerprint density at radius 1 is 1.36 bits per heavy atom. The number of nitrogens with zero attached hydrogens (tertiary/aromatic N) is 6. The lowest BCUT2D eigenvalue weighted by molar-refractivity contribution is 0.139. The van der Waals surface area contributed by atoms with Gasteiger partial charge in [-0.1, -0.05) is 17.7 Å². The van der Waals surface area contributed by atoms with E-state index in [1.54, 1.807) is 42.2 Å². The summed E-state index contributed by atoms with van der Waals surface area (Å²) < 4.78 is 28.3. The average molecular weight is 468 g/mol. The number of hydrogen-bond donors (Lipinski definition) is 2. The first-order valence-corrected chi connectivity index (χ1v) is 10.1. The van der Waals surface area contributed by atoms with Gasteiger partial charge in [-0.05, 0) is 30.4 Å². The van der Waals surface area contributed by atoms with Crippen LogP contribution in [0.5, 0.6) is 0 Å². The number of benzene rings is 1. The predicted octanol–water partition coefficient (Wildman–Crippen LogP) is 1.83. The highest BCUT2D eigenvalue weighted by molar-refractivity contribution is 6.30. The summed E-state index contributed by atoms with van der Waals surface area (Å²) in [4.78, 5) is 6.13. The first-order valence-electron chi connectivity index (χ1n) is 9.75. The normalized spacial score (nSPS) is 15.4. The van der Waals surface area contributed by atoms with Crippen LogP contribution >= 0.6 is 11.6 Å². The van der Waals surface area contributed by atoms with Crippen LogP contribution < -0.4 is 15.3 Å². The molecule has 0 spiro atoms. The van der Waals surface area contributed by atoms with Crippen LogP contribution in [0.15, 0.2) is 18.2 Å². The van der Waals surface area contributed by atoms with E-state index in [-0.39, 0.29) is 29.9 Å². The maximum absolute atomic E-state index is 13.6. The van der Waals surface area contributed by atoms with Crippen molar-refractivity contribution < 1.29 is 13.9 Å². The van der Waals surface area contributed by atoms with Gasteiger partial charge in [-0.25, -0.2) is 13.8 Å². The number of halogens is 3. The average Bonchev–Trinajstić information content (AvgIpc) is 3.13. The molecule has 1 aliphatic rings. The quantitative estimate of drug-likeness (QED) is 0.564. The third kappa shape index (κ3) is 3.80.